The minimum atomic E-state index is -0.693. The van der Waals surface area contributed by atoms with Crippen LogP contribution in [0.15, 0.2) is 64.8 Å². The number of aryl methyl sites for hydroxylation is 1. The molecule has 0 radical (unpaired) electrons. The zero-order chi connectivity index (χ0) is 26.3. The van der Waals surface area contributed by atoms with Gasteiger partial charge in [0.2, 0.25) is 0 Å². The fourth-order valence-electron chi connectivity index (χ4n) is 4.71. The summed E-state index contributed by atoms with van der Waals surface area (Å²) in [5.74, 6) is 1.37. The van der Waals surface area contributed by atoms with Crippen molar-refractivity contribution in [3.05, 3.63) is 81.7 Å². The van der Waals surface area contributed by atoms with Crippen molar-refractivity contribution in [3.63, 3.8) is 0 Å². The number of nitrogens with one attached hydrogen (secondary N) is 1. The number of ether oxygens (including phenoxy) is 2. The summed E-state index contributed by atoms with van der Waals surface area (Å²) in [6.45, 7) is 7.83. The van der Waals surface area contributed by atoms with Crippen molar-refractivity contribution in [2.45, 2.75) is 19.6 Å². The van der Waals surface area contributed by atoms with Crippen molar-refractivity contribution in [2.75, 3.05) is 52.5 Å². The molecule has 38 heavy (non-hydrogen) atoms. The Bertz CT molecular complexity index is 1380. The zero-order valence-corrected chi connectivity index (χ0v) is 22.5. The van der Waals surface area contributed by atoms with Gasteiger partial charge in [-0.05, 0) is 24.1 Å². The van der Waals surface area contributed by atoms with Crippen LogP contribution in [-0.4, -0.2) is 83.5 Å². The van der Waals surface area contributed by atoms with Crippen LogP contribution < -0.4 is 10.3 Å². The molecule has 1 aliphatic heterocycles. The number of morpholine rings is 1. The fourth-order valence-corrected chi connectivity index (χ4v) is 5.67. The third kappa shape index (κ3) is 6.67. The van der Waals surface area contributed by atoms with Crippen molar-refractivity contribution in [1.82, 2.24) is 19.8 Å². The predicted molar refractivity (Wildman–Crippen MR) is 151 cm³/mol. The van der Waals surface area contributed by atoms with Crippen molar-refractivity contribution in [1.29, 1.82) is 0 Å². The van der Waals surface area contributed by atoms with Crippen LogP contribution in [0.2, 0.25) is 0 Å². The van der Waals surface area contributed by atoms with E-state index in [0.717, 1.165) is 66.7 Å². The quantitative estimate of drug-likeness (QED) is 0.304. The van der Waals surface area contributed by atoms with Crippen molar-refractivity contribution < 1.29 is 14.6 Å². The largest absolute Gasteiger partial charge is 0.491 e. The van der Waals surface area contributed by atoms with Crippen LogP contribution in [-0.2, 0) is 11.3 Å². The Hall–Kier alpha value is -3.08. The van der Waals surface area contributed by atoms with E-state index < -0.39 is 6.10 Å². The summed E-state index contributed by atoms with van der Waals surface area (Å²) >= 11 is 1.48. The molecule has 8 nitrogen and oxygen atoms in total. The van der Waals surface area contributed by atoms with Gasteiger partial charge in [-0.25, -0.2) is 4.98 Å². The number of aromatic nitrogens is 2. The smallest absolute Gasteiger partial charge is 0.260 e. The number of thiophene rings is 1. The van der Waals surface area contributed by atoms with E-state index in [1.165, 1.54) is 11.3 Å². The van der Waals surface area contributed by atoms with Crippen molar-refractivity contribution in [2.24, 2.45) is 0 Å². The van der Waals surface area contributed by atoms with Gasteiger partial charge < -0.3 is 19.6 Å². The first-order valence-corrected chi connectivity index (χ1v) is 13.9. The molecule has 0 amide bonds. The van der Waals surface area contributed by atoms with E-state index in [9.17, 15) is 9.90 Å². The molecule has 0 saturated carbocycles. The molecule has 4 aromatic rings. The summed E-state index contributed by atoms with van der Waals surface area (Å²) < 4.78 is 11.4. The first-order valence-electron chi connectivity index (χ1n) is 13.0. The molecule has 3 heterocycles. The first kappa shape index (κ1) is 26.5. The lowest BCUT2D eigenvalue weighted by Gasteiger charge is -2.30. The number of rotatable bonds is 11. The van der Waals surface area contributed by atoms with E-state index in [1.54, 1.807) is 0 Å². The summed E-state index contributed by atoms with van der Waals surface area (Å²) in [5.41, 5.74) is 2.80. The minimum Gasteiger partial charge on any atom is -0.491 e. The number of para-hydroxylation sites is 1. The average Bonchev–Trinajstić information content (AvgIpc) is 3.37. The molecule has 200 valence electrons. The monoisotopic (exact) mass is 534 g/mol. The average molecular weight is 535 g/mol. The number of H-pyrrole nitrogens is 1. The van der Waals surface area contributed by atoms with E-state index in [-0.39, 0.29) is 12.2 Å². The normalized spacial score (nSPS) is 15.2. The van der Waals surface area contributed by atoms with Gasteiger partial charge in [0.15, 0.2) is 0 Å². The maximum absolute atomic E-state index is 13.2. The number of hydrogen-bond donors (Lipinski definition) is 2. The second kappa shape index (κ2) is 12.6. The Balaban J connectivity index is 1.30. The van der Waals surface area contributed by atoms with E-state index in [0.29, 0.717) is 24.3 Å². The number of aliphatic hydroxyl groups is 1. The van der Waals surface area contributed by atoms with Gasteiger partial charge in [-0.2, -0.15) is 0 Å². The Kier molecular flexibility index (Phi) is 8.83. The lowest BCUT2D eigenvalue weighted by Crippen LogP contribution is -2.44. The highest BCUT2D eigenvalue weighted by molar-refractivity contribution is 7.17. The molecule has 2 N–H and O–H groups in total. The maximum atomic E-state index is 13.2. The molecule has 5 rings (SSSR count). The van der Waals surface area contributed by atoms with Crippen LogP contribution in [0.25, 0.3) is 21.3 Å². The SMILES string of the molecule is Cc1ccccc1OC[C@H](O)CN(CCN1CCOCC1)Cc1nc2scc(-c3ccccc3)c2c(=O)[nH]1. The summed E-state index contributed by atoms with van der Waals surface area (Å²) in [4.78, 5) is 26.2. The van der Waals surface area contributed by atoms with E-state index in [1.807, 2.05) is 66.9 Å². The Morgan fingerprint density at radius 2 is 1.92 bits per heavy atom. The first-order chi connectivity index (χ1) is 18.6. The molecule has 0 bridgehead atoms. The van der Waals surface area contributed by atoms with Gasteiger partial charge in [0, 0.05) is 43.7 Å². The van der Waals surface area contributed by atoms with Crippen LogP contribution in [0.4, 0.5) is 0 Å². The minimum absolute atomic E-state index is 0.137. The highest BCUT2D eigenvalue weighted by Crippen LogP contribution is 2.30. The highest BCUT2D eigenvalue weighted by atomic mass is 32.1. The number of benzene rings is 2. The van der Waals surface area contributed by atoms with Gasteiger partial charge in [-0.15, -0.1) is 11.3 Å². The molecule has 1 atom stereocenters. The molecule has 1 aliphatic rings. The zero-order valence-electron chi connectivity index (χ0n) is 21.6. The summed E-state index contributed by atoms with van der Waals surface area (Å²) in [6.07, 6.45) is -0.693. The van der Waals surface area contributed by atoms with Crippen LogP contribution in [0, 0.1) is 6.92 Å². The van der Waals surface area contributed by atoms with Crippen LogP contribution in [0.5, 0.6) is 5.75 Å². The number of nitrogens with zero attached hydrogens (tertiary/aromatic N) is 3. The second-order valence-electron chi connectivity index (χ2n) is 9.63. The maximum Gasteiger partial charge on any atom is 0.260 e. The Morgan fingerprint density at radius 1 is 1.16 bits per heavy atom. The molecule has 2 aromatic carbocycles. The number of hydrogen-bond acceptors (Lipinski definition) is 8. The topological polar surface area (TPSA) is 90.9 Å². The molecule has 2 aromatic heterocycles. The number of aromatic amines is 1. The van der Waals surface area contributed by atoms with Crippen molar-refractivity contribution >= 4 is 21.6 Å². The molecular weight excluding hydrogens is 500 g/mol. The molecule has 1 saturated heterocycles. The molecule has 0 aliphatic carbocycles. The third-order valence-electron chi connectivity index (χ3n) is 6.78. The summed E-state index contributed by atoms with van der Waals surface area (Å²) in [6, 6.07) is 17.7. The van der Waals surface area contributed by atoms with E-state index >= 15 is 0 Å². The lowest BCUT2D eigenvalue weighted by molar-refractivity contribution is 0.0252. The van der Waals surface area contributed by atoms with Gasteiger partial charge in [0.05, 0.1) is 25.1 Å². The van der Waals surface area contributed by atoms with Gasteiger partial charge in [0.1, 0.15) is 29.1 Å². The van der Waals surface area contributed by atoms with Crippen LogP contribution >= 0.6 is 11.3 Å². The predicted octanol–water partition coefficient (Wildman–Crippen LogP) is 3.53. The van der Waals surface area contributed by atoms with Crippen molar-refractivity contribution in [3.8, 4) is 16.9 Å². The highest BCUT2D eigenvalue weighted by Gasteiger charge is 2.19. The summed E-state index contributed by atoms with van der Waals surface area (Å²) in [7, 11) is 0. The second-order valence-corrected chi connectivity index (χ2v) is 10.5. The van der Waals surface area contributed by atoms with Gasteiger partial charge in [-0.1, -0.05) is 48.5 Å². The molecule has 0 unspecified atom stereocenters. The molecule has 1 fully saturated rings. The van der Waals surface area contributed by atoms with E-state index in [4.69, 9.17) is 14.5 Å². The summed E-state index contributed by atoms with van der Waals surface area (Å²) in [5, 5.41) is 13.5. The Morgan fingerprint density at radius 3 is 2.71 bits per heavy atom. The molecular formula is C29H34N4O4S. The van der Waals surface area contributed by atoms with Gasteiger partial charge >= 0.3 is 0 Å². The molecule has 9 heteroatoms. The molecule has 0 spiro atoms. The van der Waals surface area contributed by atoms with Crippen LogP contribution in [0.1, 0.15) is 11.4 Å². The number of fused-ring (bicyclic) bond motifs is 1. The Labute approximate surface area is 226 Å². The van der Waals surface area contributed by atoms with Gasteiger partial charge in [0.25, 0.3) is 5.56 Å². The fraction of sp³-hybridized carbons (Fsp3) is 0.379. The van der Waals surface area contributed by atoms with E-state index in [2.05, 4.69) is 14.8 Å². The van der Waals surface area contributed by atoms with Crippen LogP contribution in [0.3, 0.4) is 0 Å². The third-order valence-corrected chi connectivity index (χ3v) is 7.65. The lowest BCUT2D eigenvalue weighted by atomic mass is 10.1. The standard InChI is InChI=1S/C29H34N4O4S/c1-21-7-5-6-10-25(21)37-19-23(34)17-33(12-11-32-13-15-36-16-14-32)18-26-30-28(35)27-24(20-38-29(27)31-26)22-8-3-2-4-9-22/h2-10,20,23,34H,11-19H2,1H3,(H,30,31,35)/t23-/m1/s1. The van der Waals surface area contributed by atoms with Gasteiger partial charge in [-0.3, -0.25) is 14.6 Å². The number of aliphatic hydroxyl groups excluding tert-OH is 1.